The van der Waals surface area contributed by atoms with Crippen LogP contribution < -0.4 is 11.6 Å². The number of amidine groups is 1. The molecule has 0 saturated carbocycles. The Kier molecular flexibility index (Phi) is 4.28. The van der Waals surface area contributed by atoms with Crippen molar-refractivity contribution >= 4 is 11.6 Å². The van der Waals surface area contributed by atoms with Crippen LogP contribution in [0.25, 0.3) is 0 Å². The Balaban J connectivity index is 3.29. The second-order valence-electron chi connectivity index (χ2n) is 2.18. The van der Waals surface area contributed by atoms with Crippen LogP contribution >= 0.6 is 0 Å². The molecule has 58 valence electrons. The molecule has 0 aliphatic carbocycles. The summed E-state index contributed by atoms with van der Waals surface area (Å²) in [4.78, 5) is 10.4. The number of hydrazone groups is 1. The monoisotopic (exact) mass is 143 g/mol. The molecule has 0 unspecified atom stereocenters. The van der Waals surface area contributed by atoms with Crippen molar-refractivity contribution in [2.24, 2.45) is 16.7 Å². The first kappa shape index (κ1) is 8.94. The van der Waals surface area contributed by atoms with Crippen LogP contribution in [0.3, 0.4) is 0 Å². The number of ketones is 1. The van der Waals surface area contributed by atoms with Crippen molar-refractivity contribution in [3.8, 4) is 0 Å². The van der Waals surface area contributed by atoms with Crippen molar-refractivity contribution in [3.05, 3.63) is 0 Å². The van der Waals surface area contributed by atoms with Gasteiger partial charge in [0, 0.05) is 12.8 Å². The molecule has 0 spiro atoms. The molecule has 0 saturated heterocycles. The molecule has 10 heavy (non-hydrogen) atoms. The van der Waals surface area contributed by atoms with Gasteiger partial charge in [-0.3, -0.25) is 0 Å². The molecule has 0 aliphatic rings. The highest BCUT2D eigenvalue weighted by atomic mass is 16.1. The largest absolute Gasteiger partial charge is 0.386 e. The molecule has 0 aliphatic heterocycles. The molecule has 4 N–H and O–H groups in total. The van der Waals surface area contributed by atoms with Crippen LogP contribution in [0.5, 0.6) is 0 Å². The van der Waals surface area contributed by atoms with Crippen LogP contribution in [0, 0.1) is 0 Å². The fourth-order valence-corrected chi connectivity index (χ4v) is 0.583. The minimum absolute atomic E-state index is 0.171. The zero-order valence-corrected chi connectivity index (χ0v) is 6.13. The van der Waals surface area contributed by atoms with Gasteiger partial charge in [-0.2, -0.15) is 5.10 Å². The van der Waals surface area contributed by atoms with E-state index < -0.39 is 0 Å². The number of carbonyl (C=O) groups excluding carboxylic acids is 1. The number of rotatable bonds is 4. The predicted octanol–water partition coefficient (Wildman–Crippen LogP) is -0.0234. The van der Waals surface area contributed by atoms with Gasteiger partial charge in [0.2, 0.25) is 0 Å². The molecule has 0 amide bonds. The highest BCUT2D eigenvalue weighted by Gasteiger charge is 1.95. The van der Waals surface area contributed by atoms with Gasteiger partial charge >= 0.3 is 0 Å². The average Bonchev–Trinajstić information content (AvgIpc) is 1.87. The van der Waals surface area contributed by atoms with Crippen LogP contribution in [-0.4, -0.2) is 11.6 Å². The molecule has 0 rings (SSSR count). The van der Waals surface area contributed by atoms with Crippen molar-refractivity contribution in [3.63, 3.8) is 0 Å². The van der Waals surface area contributed by atoms with Gasteiger partial charge in [0.25, 0.3) is 0 Å². The molecule has 4 heteroatoms. The lowest BCUT2D eigenvalue weighted by molar-refractivity contribution is -0.117. The zero-order valence-electron chi connectivity index (χ0n) is 6.13. The van der Waals surface area contributed by atoms with Crippen molar-refractivity contribution in [2.75, 3.05) is 0 Å². The van der Waals surface area contributed by atoms with E-state index in [1.165, 1.54) is 0 Å². The van der Waals surface area contributed by atoms with Gasteiger partial charge in [-0.1, -0.05) is 0 Å². The lowest BCUT2D eigenvalue weighted by Crippen LogP contribution is -2.13. The summed E-state index contributed by atoms with van der Waals surface area (Å²) >= 11 is 0. The first-order chi connectivity index (χ1) is 4.66. The summed E-state index contributed by atoms with van der Waals surface area (Å²) < 4.78 is 0. The van der Waals surface area contributed by atoms with E-state index in [9.17, 15) is 4.79 Å². The van der Waals surface area contributed by atoms with E-state index in [0.29, 0.717) is 18.7 Å². The maximum Gasteiger partial charge on any atom is 0.129 e. The van der Waals surface area contributed by atoms with Crippen LogP contribution in [-0.2, 0) is 4.79 Å². The number of nitrogens with two attached hydrogens (primary N) is 2. The number of carbonyl (C=O) groups is 1. The molecule has 0 atom stereocenters. The molecule has 0 radical (unpaired) electrons. The normalized spacial score (nSPS) is 11.5. The van der Waals surface area contributed by atoms with E-state index in [4.69, 9.17) is 11.6 Å². The second-order valence-corrected chi connectivity index (χ2v) is 2.18. The predicted molar refractivity (Wildman–Crippen MR) is 40.3 cm³/mol. The summed E-state index contributed by atoms with van der Waals surface area (Å²) in [6.07, 6.45) is 1.90. The second kappa shape index (κ2) is 4.78. The van der Waals surface area contributed by atoms with Gasteiger partial charge in [-0.15, -0.1) is 0 Å². The van der Waals surface area contributed by atoms with Crippen LogP contribution in [0.1, 0.15) is 26.2 Å². The minimum atomic E-state index is 0.171. The summed E-state index contributed by atoms with van der Waals surface area (Å²) in [5.74, 6) is 5.44. The molecular weight excluding hydrogens is 130 g/mol. The molecule has 0 aromatic rings. The average molecular weight is 143 g/mol. The van der Waals surface area contributed by atoms with E-state index in [2.05, 4.69) is 5.10 Å². The summed E-state index contributed by atoms with van der Waals surface area (Å²) in [7, 11) is 0. The molecule has 0 heterocycles. The fourth-order valence-electron chi connectivity index (χ4n) is 0.583. The summed E-state index contributed by atoms with van der Waals surface area (Å²) in [6.45, 7) is 1.55. The number of nitrogens with zero attached hydrogens (tertiary/aromatic N) is 1. The van der Waals surface area contributed by atoms with E-state index in [-0.39, 0.29) is 5.78 Å². The van der Waals surface area contributed by atoms with Crippen molar-refractivity contribution in [1.29, 1.82) is 0 Å². The lowest BCUT2D eigenvalue weighted by Gasteiger charge is -1.95. The van der Waals surface area contributed by atoms with Gasteiger partial charge < -0.3 is 16.4 Å². The Labute approximate surface area is 60.3 Å². The Morgan fingerprint density at radius 1 is 1.50 bits per heavy atom. The Hall–Kier alpha value is -1.06. The third kappa shape index (κ3) is 5.08. The molecule has 0 bridgehead atoms. The van der Waals surface area contributed by atoms with Crippen LogP contribution in [0.4, 0.5) is 0 Å². The molecular formula is C6H13N3O. The number of Topliss-reactive ketones (excluding diaryl/α,β-unsaturated/α-hetero) is 1. The minimum Gasteiger partial charge on any atom is -0.386 e. The SMILES string of the molecule is CC(=O)CCCC(N)=NN. The first-order valence-corrected chi connectivity index (χ1v) is 3.18. The van der Waals surface area contributed by atoms with Crippen molar-refractivity contribution in [2.45, 2.75) is 26.2 Å². The Morgan fingerprint density at radius 2 is 2.10 bits per heavy atom. The molecule has 0 fully saturated rings. The van der Waals surface area contributed by atoms with Gasteiger partial charge in [-0.25, -0.2) is 0 Å². The number of hydrogen-bond donors (Lipinski definition) is 2. The summed E-state index contributed by atoms with van der Waals surface area (Å²) in [5.41, 5.74) is 5.27. The smallest absolute Gasteiger partial charge is 0.129 e. The van der Waals surface area contributed by atoms with Gasteiger partial charge in [0.05, 0.1) is 0 Å². The van der Waals surface area contributed by atoms with Crippen LogP contribution in [0.2, 0.25) is 0 Å². The third-order valence-corrected chi connectivity index (χ3v) is 1.13. The maximum atomic E-state index is 10.4. The van der Waals surface area contributed by atoms with E-state index in [0.717, 1.165) is 6.42 Å². The summed E-state index contributed by atoms with van der Waals surface area (Å²) in [6, 6.07) is 0. The fraction of sp³-hybridized carbons (Fsp3) is 0.667. The first-order valence-electron chi connectivity index (χ1n) is 3.18. The third-order valence-electron chi connectivity index (χ3n) is 1.13. The van der Waals surface area contributed by atoms with Gasteiger partial charge in [-0.05, 0) is 13.3 Å². The zero-order chi connectivity index (χ0) is 7.98. The van der Waals surface area contributed by atoms with Gasteiger partial charge in [0.1, 0.15) is 11.6 Å². The van der Waals surface area contributed by atoms with E-state index in [1.807, 2.05) is 0 Å². The highest BCUT2D eigenvalue weighted by molar-refractivity contribution is 5.81. The van der Waals surface area contributed by atoms with Gasteiger partial charge in [0.15, 0.2) is 0 Å². The Bertz CT molecular complexity index is 142. The molecule has 4 nitrogen and oxygen atoms in total. The molecule has 0 aromatic carbocycles. The van der Waals surface area contributed by atoms with E-state index in [1.54, 1.807) is 6.92 Å². The van der Waals surface area contributed by atoms with E-state index >= 15 is 0 Å². The molecule has 0 aromatic heterocycles. The topological polar surface area (TPSA) is 81.5 Å². The van der Waals surface area contributed by atoms with Crippen molar-refractivity contribution < 1.29 is 4.79 Å². The van der Waals surface area contributed by atoms with Crippen LogP contribution in [0.15, 0.2) is 5.10 Å². The highest BCUT2D eigenvalue weighted by Crippen LogP contribution is 1.94. The lowest BCUT2D eigenvalue weighted by atomic mass is 10.2. The maximum absolute atomic E-state index is 10.4. The Morgan fingerprint density at radius 3 is 2.50 bits per heavy atom. The quantitative estimate of drug-likeness (QED) is 0.251. The standard InChI is InChI=1S/C6H13N3O/c1-5(10)3-2-4-6(7)9-8/h2-4,8H2,1H3,(H2,7,9). The van der Waals surface area contributed by atoms with Crippen molar-refractivity contribution in [1.82, 2.24) is 0 Å². The summed E-state index contributed by atoms with van der Waals surface area (Å²) in [5, 5.41) is 3.27. The number of hydrogen-bond acceptors (Lipinski definition) is 3.